The van der Waals surface area contributed by atoms with Gasteiger partial charge in [0, 0.05) is 33.0 Å². The van der Waals surface area contributed by atoms with Gasteiger partial charge in [-0.15, -0.1) is 0 Å². The van der Waals surface area contributed by atoms with Crippen molar-refractivity contribution in [3.63, 3.8) is 0 Å². The SMILES string of the molecule is CC1(C)c2ccccc2-c2cccc(-c3cccc(N(c4ccc5c(c4)C4(CC6CCC4C6)c4ccccc4-5)c4cccc5c4oc4ccccc45)c3)c21. The molecule has 3 atom stereocenters. The molecule has 0 radical (unpaired) electrons. The molecule has 4 aliphatic carbocycles. The number of fused-ring (bicyclic) bond motifs is 14. The molecular weight excluding hydrogens is 655 g/mol. The standard InChI is InChI=1S/C52H41NO/c1-51(2)44-20-6-3-15-39(44)42-18-10-17-37(49(42)51)33-12-9-13-35(29-33)53(47-22-11-19-43-41-16-5-8-23-48(41)54-50(43)47)36-26-27-40-38-14-4-7-21-45(38)52(46(40)30-36)31-32-24-25-34(52)28-32/h3-23,26-27,29-30,32,34H,24-25,28,31H2,1-2H3. The van der Waals surface area contributed by atoms with Crippen LogP contribution in [0.2, 0.25) is 0 Å². The summed E-state index contributed by atoms with van der Waals surface area (Å²) in [7, 11) is 0. The predicted molar refractivity (Wildman–Crippen MR) is 223 cm³/mol. The van der Waals surface area contributed by atoms with E-state index in [1.54, 1.807) is 5.56 Å². The normalized spacial score (nSPS) is 21.1. The minimum atomic E-state index is -0.109. The van der Waals surface area contributed by atoms with Crippen LogP contribution in [0.25, 0.3) is 55.3 Å². The Kier molecular flexibility index (Phi) is 6.15. The molecule has 8 aromatic rings. The Morgan fingerprint density at radius 1 is 0.556 bits per heavy atom. The van der Waals surface area contributed by atoms with Crippen molar-refractivity contribution in [2.45, 2.75) is 50.4 Å². The Morgan fingerprint density at radius 3 is 2.09 bits per heavy atom. The smallest absolute Gasteiger partial charge is 0.159 e. The zero-order valence-electron chi connectivity index (χ0n) is 30.8. The molecule has 260 valence electrons. The van der Waals surface area contributed by atoms with Gasteiger partial charge in [-0.25, -0.2) is 0 Å². The van der Waals surface area contributed by atoms with Crippen LogP contribution in [-0.4, -0.2) is 0 Å². The summed E-state index contributed by atoms with van der Waals surface area (Å²) in [4.78, 5) is 2.47. The van der Waals surface area contributed by atoms with E-state index in [0.717, 1.165) is 39.2 Å². The van der Waals surface area contributed by atoms with E-state index in [0.29, 0.717) is 5.92 Å². The summed E-state index contributed by atoms with van der Waals surface area (Å²) < 4.78 is 6.78. The summed E-state index contributed by atoms with van der Waals surface area (Å²) in [5.41, 5.74) is 19.1. The summed E-state index contributed by atoms with van der Waals surface area (Å²) in [6, 6.07) is 56.7. The molecule has 1 aromatic heterocycles. The topological polar surface area (TPSA) is 16.4 Å². The fraction of sp³-hybridized carbons (Fsp3) is 0.192. The van der Waals surface area contributed by atoms with Gasteiger partial charge in [0.15, 0.2) is 5.58 Å². The number of nitrogens with zero attached hydrogens (tertiary/aromatic N) is 1. The summed E-state index contributed by atoms with van der Waals surface area (Å²) >= 11 is 0. The number of hydrogen-bond acceptors (Lipinski definition) is 2. The van der Waals surface area contributed by atoms with Crippen LogP contribution in [0.3, 0.4) is 0 Å². The van der Waals surface area contributed by atoms with E-state index in [1.165, 1.54) is 81.4 Å². The van der Waals surface area contributed by atoms with Gasteiger partial charge in [-0.3, -0.25) is 0 Å². The third kappa shape index (κ3) is 3.96. The number of anilines is 3. The van der Waals surface area contributed by atoms with Crippen LogP contribution >= 0.6 is 0 Å². The third-order valence-corrected chi connectivity index (χ3v) is 13.9. The first-order valence-corrected chi connectivity index (χ1v) is 19.8. The average Bonchev–Trinajstić information content (AvgIpc) is 4.03. The van der Waals surface area contributed by atoms with Crippen molar-refractivity contribution in [2.75, 3.05) is 4.90 Å². The van der Waals surface area contributed by atoms with Gasteiger partial charge in [0.1, 0.15) is 5.58 Å². The maximum atomic E-state index is 6.78. The van der Waals surface area contributed by atoms with Gasteiger partial charge in [-0.1, -0.05) is 136 Å². The molecule has 1 heterocycles. The van der Waals surface area contributed by atoms with Gasteiger partial charge in [-0.05, 0) is 123 Å². The van der Waals surface area contributed by atoms with Gasteiger partial charge >= 0.3 is 0 Å². The Balaban J connectivity index is 1.09. The molecule has 4 aliphatic rings. The van der Waals surface area contributed by atoms with Gasteiger partial charge in [0.25, 0.3) is 0 Å². The predicted octanol–water partition coefficient (Wildman–Crippen LogP) is 14.1. The highest BCUT2D eigenvalue weighted by Gasteiger charge is 2.56. The van der Waals surface area contributed by atoms with E-state index >= 15 is 0 Å². The lowest BCUT2D eigenvalue weighted by Crippen LogP contribution is -2.32. The summed E-state index contributed by atoms with van der Waals surface area (Å²) in [6.07, 6.45) is 5.32. The molecule has 2 bridgehead atoms. The summed E-state index contributed by atoms with van der Waals surface area (Å²) in [5.74, 6) is 1.51. The molecule has 0 aliphatic heterocycles. The molecule has 0 N–H and O–H groups in total. The quantitative estimate of drug-likeness (QED) is 0.182. The Morgan fingerprint density at radius 2 is 1.24 bits per heavy atom. The summed E-state index contributed by atoms with van der Waals surface area (Å²) in [6.45, 7) is 4.77. The molecule has 2 nitrogen and oxygen atoms in total. The van der Waals surface area contributed by atoms with Crippen molar-refractivity contribution in [2.24, 2.45) is 11.8 Å². The van der Waals surface area contributed by atoms with E-state index in [4.69, 9.17) is 4.42 Å². The highest BCUT2D eigenvalue weighted by atomic mass is 16.3. The Labute approximate surface area is 316 Å². The molecule has 2 fully saturated rings. The number of benzene rings is 7. The average molecular weight is 696 g/mol. The fourth-order valence-corrected chi connectivity index (χ4v) is 11.8. The minimum Gasteiger partial charge on any atom is -0.454 e. The maximum absolute atomic E-state index is 6.78. The van der Waals surface area contributed by atoms with E-state index in [1.807, 2.05) is 0 Å². The Hall–Kier alpha value is -5.86. The van der Waals surface area contributed by atoms with Crippen LogP contribution in [-0.2, 0) is 10.8 Å². The van der Waals surface area contributed by atoms with Crippen LogP contribution < -0.4 is 4.90 Å². The molecule has 7 aromatic carbocycles. The van der Waals surface area contributed by atoms with Crippen molar-refractivity contribution in [1.82, 2.24) is 0 Å². The van der Waals surface area contributed by atoms with E-state index in [2.05, 4.69) is 170 Å². The van der Waals surface area contributed by atoms with Gasteiger partial charge in [0.05, 0.1) is 5.69 Å². The lowest BCUT2D eigenvalue weighted by Gasteiger charge is -2.37. The van der Waals surface area contributed by atoms with Crippen molar-refractivity contribution in [3.8, 4) is 33.4 Å². The van der Waals surface area contributed by atoms with E-state index in [-0.39, 0.29) is 10.8 Å². The maximum Gasteiger partial charge on any atom is 0.159 e. The van der Waals surface area contributed by atoms with Crippen molar-refractivity contribution in [3.05, 3.63) is 174 Å². The first-order chi connectivity index (χ1) is 26.5. The first-order valence-electron chi connectivity index (χ1n) is 19.8. The van der Waals surface area contributed by atoms with Crippen LogP contribution in [0.15, 0.2) is 156 Å². The zero-order valence-corrected chi connectivity index (χ0v) is 30.8. The highest BCUT2D eigenvalue weighted by molar-refractivity contribution is 6.10. The van der Waals surface area contributed by atoms with Gasteiger partial charge < -0.3 is 9.32 Å². The third-order valence-electron chi connectivity index (χ3n) is 13.9. The molecule has 2 saturated carbocycles. The second-order valence-electron chi connectivity index (χ2n) is 16.9. The van der Waals surface area contributed by atoms with Crippen molar-refractivity contribution < 1.29 is 4.42 Å². The van der Waals surface area contributed by atoms with Gasteiger partial charge in [0.2, 0.25) is 0 Å². The van der Waals surface area contributed by atoms with Crippen molar-refractivity contribution in [1.29, 1.82) is 0 Å². The van der Waals surface area contributed by atoms with E-state index in [9.17, 15) is 0 Å². The number of hydrogen-bond donors (Lipinski definition) is 0. The molecule has 0 saturated heterocycles. The number of rotatable bonds is 4. The molecule has 1 spiro atoms. The second-order valence-corrected chi connectivity index (χ2v) is 16.9. The van der Waals surface area contributed by atoms with Crippen LogP contribution in [0.4, 0.5) is 17.1 Å². The monoisotopic (exact) mass is 695 g/mol. The van der Waals surface area contributed by atoms with Crippen LogP contribution in [0.5, 0.6) is 0 Å². The first kappa shape index (κ1) is 30.6. The second kappa shape index (κ2) is 10.9. The highest BCUT2D eigenvalue weighted by Crippen LogP contribution is 2.66. The largest absolute Gasteiger partial charge is 0.454 e. The number of para-hydroxylation sites is 2. The van der Waals surface area contributed by atoms with Crippen LogP contribution in [0, 0.1) is 11.8 Å². The Bertz CT molecular complexity index is 2860. The molecule has 12 rings (SSSR count). The molecule has 54 heavy (non-hydrogen) atoms. The summed E-state index contributed by atoms with van der Waals surface area (Å²) in [5, 5.41) is 2.29. The van der Waals surface area contributed by atoms with E-state index < -0.39 is 0 Å². The minimum absolute atomic E-state index is 0.0922. The number of furan rings is 1. The molecule has 2 heteroatoms. The fourth-order valence-electron chi connectivity index (χ4n) is 11.8. The molecule has 0 amide bonds. The lowest BCUT2D eigenvalue weighted by molar-refractivity contribution is 0.327. The lowest BCUT2D eigenvalue weighted by atomic mass is 9.67. The van der Waals surface area contributed by atoms with Gasteiger partial charge in [-0.2, -0.15) is 0 Å². The molecular formula is C52H41NO. The van der Waals surface area contributed by atoms with Crippen LogP contribution in [0.1, 0.15) is 61.8 Å². The molecule has 3 unspecified atom stereocenters. The zero-order chi connectivity index (χ0) is 35.8. The van der Waals surface area contributed by atoms with Crippen molar-refractivity contribution >= 4 is 39.0 Å².